The lowest BCUT2D eigenvalue weighted by atomic mass is 9.93. The van der Waals surface area contributed by atoms with Crippen LogP contribution >= 0.6 is 12.4 Å². The highest BCUT2D eigenvalue weighted by atomic mass is 35.5. The van der Waals surface area contributed by atoms with Crippen molar-refractivity contribution in [2.24, 2.45) is 0 Å². The maximum atomic E-state index is 12.6. The zero-order valence-electron chi connectivity index (χ0n) is 12.9. The molecule has 8 heteroatoms. The number of hydrogen-bond acceptors (Lipinski definition) is 5. The number of likely N-dealkylation sites (N-methyl/N-ethyl adjacent to an activating group) is 1. The van der Waals surface area contributed by atoms with Crippen molar-refractivity contribution in [3.63, 3.8) is 0 Å². The first-order valence-corrected chi connectivity index (χ1v) is 7.32. The predicted octanol–water partition coefficient (Wildman–Crippen LogP) is 2.38. The molecule has 0 radical (unpaired) electrons. The van der Waals surface area contributed by atoms with E-state index in [1.165, 1.54) is 12.1 Å². The van der Waals surface area contributed by atoms with Gasteiger partial charge in [0.1, 0.15) is 0 Å². The summed E-state index contributed by atoms with van der Waals surface area (Å²) >= 11 is 0. The van der Waals surface area contributed by atoms with E-state index in [-0.39, 0.29) is 36.1 Å². The Bertz CT molecular complexity index is 837. The summed E-state index contributed by atoms with van der Waals surface area (Å²) in [6.07, 6.45) is 0. The summed E-state index contributed by atoms with van der Waals surface area (Å²) in [5.41, 5.74) is 0.461. The lowest BCUT2D eigenvalue weighted by molar-refractivity contribution is -0.384. The molecule has 2 amide bonds. The van der Waals surface area contributed by atoms with Crippen LogP contribution in [0.3, 0.4) is 0 Å². The first kappa shape index (κ1) is 17.8. The second kappa shape index (κ2) is 6.94. The number of nitrogens with zero attached hydrogens (tertiary/aromatic N) is 2. The van der Waals surface area contributed by atoms with Crippen LogP contribution < -0.4 is 5.32 Å². The minimum atomic E-state index is -0.532. The molecule has 7 nitrogen and oxygen atoms in total. The molecule has 0 spiro atoms. The Morgan fingerprint density at radius 1 is 1.17 bits per heavy atom. The molecule has 0 fully saturated rings. The molecule has 1 aliphatic heterocycles. The molecular weight excluding hydrogens is 334 g/mol. The van der Waals surface area contributed by atoms with Crippen molar-refractivity contribution in [1.29, 1.82) is 0 Å². The van der Waals surface area contributed by atoms with E-state index in [1.807, 2.05) is 6.92 Å². The monoisotopic (exact) mass is 349 g/mol. The van der Waals surface area contributed by atoms with Crippen LogP contribution in [0.5, 0.6) is 0 Å². The fourth-order valence-electron chi connectivity index (χ4n) is 2.82. The average molecular weight is 350 g/mol. The van der Waals surface area contributed by atoms with Gasteiger partial charge in [-0.25, -0.2) is 0 Å². The predicted molar refractivity (Wildman–Crippen MR) is 91.8 cm³/mol. The van der Waals surface area contributed by atoms with Gasteiger partial charge in [0.05, 0.1) is 10.5 Å². The van der Waals surface area contributed by atoms with E-state index >= 15 is 0 Å². The summed E-state index contributed by atoms with van der Waals surface area (Å²) in [6, 6.07) is 7.62. The Balaban J connectivity index is 0.00000208. The molecule has 2 aromatic carbocycles. The third kappa shape index (κ3) is 2.83. The molecule has 1 N–H and O–H groups in total. The van der Waals surface area contributed by atoms with E-state index in [0.29, 0.717) is 22.9 Å². The molecule has 2 aromatic rings. The van der Waals surface area contributed by atoms with Gasteiger partial charge in [-0.2, -0.15) is 0 Å². The summed E-state index contributed by atoms with van der Waals surface area (Å²) in [7, 11) is 0. The zero-order valence-corrected chi connectivity index (χ0v) is 13.8. The number of amides is 2. The molecule has 24 heavy (non-hydrogen) atoms. The lowest BCUT2D eigenvalue weighted by Crippen LogP contribution is -2.43. The van der Waals surface area contributed by atoms with Gasteiger partial charge in [0.25, 0.3) is 17.5 Å². The largest absolute Gasteiger partial charge is 0.315 e. The van der Waals surface area contributed by atoms with Gasteiger partial charge in [-0.3, -0.25) is 24.6 Å². The number of benzene rings is 2. The van der Waals surface area contributed by atoms with E-state index in [4.69, 9.17) is 0 Å². The minimum absolute atomic E-state index is 0. The van der Waals surface area contributed by atoms with Crippen molar-refractivity contribution in [3.8, 4) is 0 Å². The van der Waals surface area contributed by atoms with Gasteiger partial charge < -0.3 is 5.32 Å². The number of nitro benzene ring substituents is 1. The highest BCUT2D eigenvalue weighted by Crippen LogP contribution is 2.33. The van der Waals surface area contributed by atoms with Gasteiger partial charge in [0.2, 0.25) is 0 Å². The van der Waals surface area contributed by atoms with E-state index in [1.54, 1.807) is 18.2 Å². The maximum Gasteiger partial charge on any atom is 0.270 e. The molecule has 1 aliphatic rings. The number of rotatable bonds is 5. The Morgan fingerprint density at radius 2 is 1.88 bits per heavy atom. The van der Waals surface area contributed by atoms with Gasteiger partial charge >= 0.3 is 0 Å². The third-order valence-electron chi connectivity index (χ3n) is 3.89. The van der Waals surface area contributed by atoms with Crippen molar-refractivity contribution in [2.75, 3.05) is 19.6 Å². The van der Waals surface area contributed by atoms with Crippen molar-refractivity contribution in [3.05, 3.63) is 51.6 Å². The SMILES string of the molecule is CCNCCN1C(=O)c2cccc3cc([N+](=O)[O-])cc(c23)C1=O.Cl. The second-order valence-corrected chi connectivity index (χ2v) is 5.27. The molecule has 0 aliphatic carbocycles. The van der Waals surface area contributed by atoms with Crippen molar-refractivity contribution in [2.45, 2.75) is 6.92 Å². The standard InChI is InChI=1S/C16H15N3O4.ClH/c1-2-17-6-7-18-15(20)12-5-3-4-10-8-11(19(22)23)9-13(14(10)12)16(18)21;/h3-5,8-9,17H,2,6-7H2,1H3;1H. The van der Waals surface area contributed by atoms with E-state index in [2.05, 4.69) is 5.32 Å². The molecule has 0 bridgehead atoms. The number of nitro groups is 1. The van der Waals surface area contributed by atoms with Crippen LogP contribution in [0.2, 0.25) is 0 Å². The van der Waals surface area contributed by atoms with Crippen LogP contribution in [0.4, 0.5) is 5.69 Å². The van der Waals surface area contributed by atoms with E-state index < -0.39 is 10.8 Å². The highest BCUT2D eigenvalue weighted by molar-refractivity contribution is 6.25. The van der Waals surface area contributed by atoms with Gasteiger partial charge in [0, 0.05) is 36.2 Å². The Labute approximate surface area is 144 Å². The summed E-state index contributed by atoms with van der Waals surface area (Å²) < 4.78 is 0. The van der Waals surface area contributed by atoms with Gasteiger partial charge in [-0.15, -0.1) is 12.4 Å². The quantitative estimate of drug-likeness (QED) is 0.387. The number of hydrogen-bond donors (Lipinski definition) is 1. The first-order chi connectivity index (χ1) is 11.0. The number of carbonyl (C=O) groups is 2. The van der Waals surface area contributed by atoms with E-state index in [9.17, 15) is 19.7 Å². The van der Waals surface area contributed by atoms with Crippen molar-refractivity contribution >= 4 is 40.7 Å². The molecule has 0 atom stereocenters. The maximum absolute atomic E-state index is 12.6. The summed E-state index contributed by atoms with van der Waals surface area (Å²) in [5.74, 6) is -0.847. The van der Waals surface area contributed by atoms with Crippen LogP contribution in [-0.2, 0) is 0 Å². The molecule has 1 heterocycles. The number of carbonyl (C=O) groups excluding carboxylic acids is 2. The fourth-order valence-corrected chi connectivity index (χ4v) is 2.82. The minimum Gasteiger partial charge on any atom is -0.315 e. The number of nitrogens with one attached hydrogen (secondary N) is 1. The first-order valence-electron chi connectivity index (χ1n) is 7.32. The summed E-state index contributed by atoms with van der Waals surface area (Å²) in [5, 5.41) is 15.2. The number of halogens is 1. The Morgan fingerprint density at radius 3 is 2.54 bits per heavy atom. The molecule has 0 unspecified atom stereocenters. The van der Waals surface area contributed by atoms with Gasteiger partial charge in [-0.05, 0) is 18.0 Å². The van der Waals surface area contributed by atoms with Crippen molar-refractivity contribution < 1.29 is 14.5 Å². The molecule has 0 saturated carbocycles. The molecule has 126 valence electrons. The summed E-state index contributed by atoms with van der Waals surface area (Å²) in [6.45, 7) is 3.37. The van der Waals surface area contributed by atoms with E-state index in [0.717, 1.165) is 11.4 Å². The molecule has 0 aromatic heterocycles. The third-order valence-corrected chi connectivity index (χ3v) is 3.89. The lowest BCUT2D eigenvalue weighted by Gasteiger charge is -2.27. The zero-order chi connectivity index (χ0) is 16.6. The molecule has 3 rings (SSSR count). The Kier molecular flexibility index (Phi) is 5.16. The van der Waals surface area contributed by atoms with Crippen LogP contribution in [0.15, 0.2) is 30.3 Å². The van der Waals surface area contributed by atoms with Crippen LogP contribution in [0.25, 0.3) is 10.8 Å². The number of imide groups is 1. The highest BCUT2D eigenvalue weighted by Gasteiger charge is 2.33. The van der Waals surface area contributed by atoms with Crippen LogP contribution in [-0.4, -0.2) is 41.3 Å². The summed E-state index contributed by atoms with van der Waals surface area (Å²) in [4.78, 5) is 36.9. The van der Waals surface area contributed by atoms with Crippen molar-refractivity contribution in [1.82, 2.24) is 10.2 Å². The van der Waals surface area contributed by atoms with Gasteiger partial charge in [0.15, 0.2) is 0 Å². The van der Waals surface area contributed by atoms with Crippen LogP contribution in [0, 0.1) is 10.1 Å². The smallest absolute Gasteiger partial charge is 0.270 e. The average Bonchev–Trinajstić information content (AvgIpc) is 2.55. The van der Waals surface area contributed by atoms with Crippen LogP contribution in [0.1, 0.15) is 27.6 Å². The van der Waals surface area contributed by atoms with Gasteiger partial charge in [-0.1, -0.05) is 19.1 Å². The normalized spacial score (nSPS) is 13.1. The molecular formula is C16H16ClN3O4. The second-order valence-electron chi connectivity index (χ2n) is 5.27. The fraction of sp³-hybridized carbons (Fsp3) is 0.250. The number of non-ortho nitro benzene ring substituents is 1. The molecule has 0 saturated heterocycles. The Hall–Kier alpha value is -2.51. The topological polar surface area (TPSA) is 92.6 Å².